The Morgan fingerprint density at radius 1 is 1.44 bits per heavy atom. The Bertz CT molecular complexity index is 432. The number of carbonyl (C=O) groups excluding carboxylic acids is 1. The van der Waals surface area contributed by atoms with Crippen molar-refractivity contribution in [2.75, 3.05) is 19.7 Å². The number of furan rings is 1. The van der Waals surface area contributed by atoms with Crippen molar-refractivity contribution in [2.24, 2.45) is 0 Å². The van der Waals surface area contributed by atoms with Crippen LogP contribution in [-0.2, 0) is 0 Å². The summed E-state index contributed by atoms with van der Waals surface area (Å²) >= 11 is 0. The van der Waals surface area contributed by atoms with Gasteiger partial charge in [-0.25, -0.2) is 13.6 Å². The third kappa shape index (κ3) is 3.52. The van der Waals surface area contributed by atoms with E-state index in [0.717, 1.165) is 12.3 Å². The molecule has 0 unspecified atom stereocenters. The lowest BCUT2D eigenvalue weighted by Crippen LogP contribution is -2.37. The molecule has 0 aromatic carbocycles. The van der Waals surface area contributed by atoms with Gasteiger partial charge in [0, 0.05) is 12.6 Å². The van der Waals surface area contributed by atoms with Crippen LogP contribution in [0.4, 0.5) is 8.78 Å². The van der Waals surface area contributed by atoms with Crippen molar-refractivity contribution < 1.29 is 33.0 Å². The van der Waals surface area contributed by atoms with Gasteiger partial charge in [-0.2, -0.15) is 0 Å². The van der Waals surface area contributed by atoms with Crippen LogP contribution in [-0.4, -0.2) is 53.1 Å². The number of aromatic carboxylic acids is 1. The lowest BCUT2D eigenvalue weighted by Gasteiger charge is -2.19. The van der Waals surface area contributed by atoms with E-state index in [9.17, 15) is 18.4 Å². The Balaban J connectivity index is 2.83. The van der Waals surface area contributed by atoms with Crippen LogP contribution in [0.1, 0.15) is 20.9 Å². The third-order valence-electron chi connectivity index (χ3n) is 2.07. The number of carbonyl (C=O) groups is 2. The van der Waals surface area contributed by atoms with Crippen LogP contribution in [0.15, 0.2) is 16.7 Å². The molecule has 0 fully saturated rings. The summed E-state index contributed by atoms with van der Waals surface area (Å²) in [7, 11) is 0. The Labute approximate surface area is 100 Å². The highest BCUT2D eigenvalue weighted by Crippen LogP contribution is 2.12. The maximum absolute atomic E-state index is 12.2. The van der Waals surface area contributed by atoms with E-state index in [4.69, 9.17) is 14.6 Å². The number of aliphatic hydroxyl groups is 1. The lowest BCUT2D eigenvalue weighted by molar-refractivity contribution is 0.0483. The Kier molecular flexibility index (Phi) is 4.78. The highest BCUT2D eigenvalue weighted by molar-refractivity contribution is 5.95. The molecular weight excluding hydrogens is 252 g/mol. The molecule has 100 valence electrons. The Morgan fingerprint density at radius 3 is 2.56 bits per heavy atom. The van der Waals surface area contributed by atoms with Crippen LogP contribution in [0.2, 0.25) is 0 Å². The van der Waals surface area contributed by atoms with Crippen molar-refractivity contribution in [3.63, 3.8) is 0 Å². The average molecular weight is 263 g/mol. The van der Waals surface area contributed by atoms with E-state index >= 15 is 0 Å². The first-order chi connectivity index (χ1) is 8.45. The highest BCUT2D eigenvalue weighted by atomic mass is 19.3. The molecule has 0 atom stereocenters. The second kappa shape index (κ2) is 6.10. The number of amides is 1. The van der Waals surface area contributed by atoms with Gasteiger partial charge in [-0.1, -0.05) is 0 Å². The van der Waals surface area contributed by atoms with E-state index in [0.29, 0.717) is 4.90 Å². The van der Waals surface area contributed by atoms with Gasteiger partial charge >= 0.3 is 5.97 Å². The van der Waals surface area contributed by atoms with E-state index < -0.39 is 31.5 Å². The minimum absolute atomic E-state index is 0.251. The van der Waals surface area contributed by atoms with E-state index in [1.165, 1.54) is 0 Å². The summed E-state index contributed by atoms with van der Waals surface area (Å²) in [5.74, 6) is -2.54. The first-order valence-electron chi connectivity index (χ1n) is 4.95. The second-order valence-electron chi connectivity index (χ2n) is 3.37. The number of hydrogen-bond acceptors (Lipinski definition) is 4. The Morgan fingerprint density at radius 2 is 2.11 bits per heavy atom. The van der Waals surface area contributed by atoms with Gasteiger partial charge in [-0.3, -0.25) is 4.79 Å². The summed E-state index contributed by atoms with van der Waals surface area (Å²) in [6.45, 7) is -1.63. The van der Waals surface area contributed by atoms with Crippen molar-refractivity contribution in [3.8, 4) is 0 Å². The predicted octanol–water partition coefficient (Wildman–Crippen LogP) is 0.677. The average Bonchev–Trinajstić information content (AvgIpc) is 2.76. The number of hydrogen-bond donors (Lipinski definition) is 2. The van der Waals surface area contributed by atoms with Crippen LogP contribution >= 0.6 is 0 Å². The lowest BCUT2D eigenvalue weighted by atomic mass is 10.3. The number of alkyl halides is 2. The molecule has 6 nitrogen and oxygen atoms in total. The number of rotatable bonds is 6. The molecule has 0 saturated heterocycles. The molecule has 1 amide bonds. The van der Waals surface area contributed by atoms with Crippen LogP contribution in [0.5, 0.6) is 0 Å². The zero-order chi connectivity index (χ0) is 13.7. The summed E-state index contributed by atoms with van der Waals surface area (Å²) < 4.78 is 29.1. The predicted molar refractivity (Wildman–Crippen MR) is 54.7 cm³/mol. The maximum atomic E-state index is 12.2. The van der Waals surface area contributed by atoms with E-state index in [-0.39, 0.29) is 17.9 Å². The van der Waals surface area contributed by atoms with Gasteiger partial charge in [-0.15, -0.1) is 0 Å². The molecule has 1 heterocycles. The molecule has 0 aliphatic heterocycles. The second-order valence-corrected chi connectivity index (χ2v) is 3.37. The van der Waals surface area contributed by atoms with E-state index in [2.05, 4.69) is 0 Å². The molecule has 0 spiro atoms. The number of carboxylic acid groups (broad SMARTS) is 1. The van der Waals surface area contributed by atoms with E-state index in [1.807, 2.05) is 0 Å². The molecule has 0 aliphatic rings. The van der Waals surface area contributed by atoms with Gasteiger partial charge in [0.1, 0.15) is 6.26 Å². The van der Waals surface area contributed by atoms with Gasteiger partial charge in [-0.05, 0) is 0 Å². The van der Waals surface area contributed by atoms with Crippen LogP contribution < -0.4 is 0 Å². The van der Waals surface area contributed by atoms with Crippen molar-refractivity contribution in [1.29, 1.82) is 0 Å². The van der Waals surface area contributed by atoms with E-state index in [1.54, 1.807) is 0 Å². The minimum atomic E-state index is -2.76. The molecule has 2 N–H and O–H groups in total. The van der Waals surface area contributed by atoms with Crippen LogP contribution in [0.3, 0.4) is 0 Å². The molecule has 1 rings (SSSR count). The first kappa shape index (κ1) is 14.1. The summed E-state index contributed by atoms with van der Waals surface area (Å²) in [6.07, 6.45) is -1.91. The number of carboxylic acids is 1. The maximum Gasteiger partial charge on any atom is 0.338 e. The molecule has 1 aromatic heterocycles. The molecule has 0 bridgehead atoms. The van der Waals surface area contributed by atoms with Crippen molar-refractivity contribution in [1.82, 2.24) is 4.90 Å². The van der Waals surface area contributed by atoms with Crippen molar-refractivity contribution in [3.05, 3.63) is 23.7 Å². The minimum Gasteiger partial charge on any atom is -0.478 e. The van der Waals surface area contributed by atoms with Crippen LogP contribution in [0.25, 0.3) is 0 Å². The molecule has 0 radical (unpaired) electrons. The molecule has 0 aliphatic carbocycles. The fourth-order valence-corrected chi connectivity index (χ4v) is 1.28. The molecule has 8 heteroatoms. The molecule has 1 aromatic rings. The zero-order valence-corrected chi connectivity index (χ0v) is 9.18. The third-order valence-corrected chi connectivity index (χ3v) is 2.07. The summed E-state index contributed by atoms with van der Waals surface area (Å²) in [5.41, 5.74) is -0.251. The van der Waals surface area contributed by atoms with Crippen molar-refractivity contribution in [2.45, 2.75) is 6.43 Å². The van der Waals surface area contributed by atoms with Crippen molar-refractivity contribution >= 4 is 11.9 Å². The SMILES string of the molecule is O=C(O)c1coc(C(=O)N(CCO)CC(F)F)c1. The zero-order valence-electron chi connectivity index (χ0n) is 9.18. The standard InChI is InChI=1S/C10H11F2NO5/c11-8(12)4-13(1-2-14)9(15)7-3-6(5-18-7)10(16)17/h3,5,8,14H,1-2,4H2,(H,16,17). The number of halogens is 2. The topological polar surface area (TPSA) is 91.0 Å². The molecule has 0 saturated carbocycles. The monoisotopic (exact) mass is 263 g/mol. The number of nitrogens with zero attached hydrogens (tertiary/aromatic N) is 1. The highest BCUT2D eigenvalue weighted by Gasteiger charge is 2.23. The molecule has 18 heavy (non-hydrogen) atoms. The first-order valence-corrected chi connectivity index (χ1v) is 4.95. The summed E-state index contributed by atoms with van der Waals surface area (Å²) in [6, 6.07) is 0.945. The largest absolute Gasteiger partial charge is 0.478 e. The van der Waals surface area contributed by atoms with Gasteiger partial charge in [0.2, 0.25) is 0 Å². The Hall–Kier alpha value is -1.96. The fourth-order valence-electron chi connectivity index (χ4n) is 1.28. The van der Waals surface area contributed by atoms with Gasteiger partial charge in [0.25, 0.3) is 12.3 Å². The fraction of sp³-hybridized carbons (Fsp3) is 0.400. The van der Waals surface area contributed by atoms with Gasteiger partial charge < -0.3 is 19.5 Å². The smallest absolute Gasteiger partial charge is 0.338 e. The molecular formula is C10H11F2NO5. The quantitative estimate of drug-likeness (QED) is 0.787. The van der Waals surface area contributed by atoms with Gasteiger partial charge in [0.15, 0.2) is 5.76 Å². The van der Waals surface area contributed by atoms with Gasteiger partial charge in [0.05, 0.1) is 18.7 Å². The van der Waals surface area contributed by atoms with Crippen LogP contribution in [0, 0.1) is 0 Å². The summed E-state index contributed by atoms with van der Waals surface area (Å²) in [5, 5.41) is 17.3. The summed E-state index contributed by atoms with van der Waals surface area (Å²) in [4.78, 5) is 23.0. The normalized spacial score (nSPS) is 10.7. The number of aliphatic hydroxyl groups excluding tert-OH is 1.